The topological polar surface area (TPSA) is 55.4 Å². The Morgan fingerprint density at radius 3 is 2.64 bits per heavy atom. The second-order valence-electron chi connectivity index (χ2n) is 5.20. The highest BCUT2D eigenvalue weighted by Crippen LogP contribution is 2.34. The number of fused-ring (bicyclic) bond motifs is 1. The van der Waals surface area contributed by atoms with Crippen LogP contribution in [0.3, 0.4) is 0 Å². The van der Waals surface area contributed by atoms with Crippen LogP contribution < -0.4 is 10.1 Å². The third kappa shape index (κ3) is 3.04. The average molecular weight is 315 g/mol. The van der Waals surface area contributed by atoms with Gasteiger partial charge < -0.3 is 10.1 Å². The zero-order chi connectivity index (χ0) is 15.5. The van der Waals surface area contributed by atoms with Gasteiger partial charge in [-0.3, -0.25) is 9.00 Å². The fraction of sp³-hybridized carbons (Fsp3) is 0.235. The van der Waals surface area contributed by atoms with Crippen LogP contribution in [0.4, 0.5) is 5.69 Å². The number of rotatable bonds is 3. The van der Waals surface area contributed by atoms with Gasteiger partial charge in [0.25, 0.3) is 0 Å². The first-order valence-corrected chi connectivity index (χ1v) is 8.67. The van der Waals surface area contributed by atoms with Gasteiger partial charge in [-0.2, -0.15) is 0 Å². The van der Waals surface area contributed by atoms with E-state index < -0.39 is 10.8 Å². The summed E-state index contributed by atoms with van der Waals surface area (Å²) in [6.07, 6.45) is 2.30. The van der Waals surface area contributed by atoms with Crippen molar-refractivity contribution >= 4 is 22.4 Å². The number of anilines is 1. The van der Waals surface area contributed by atoms with Crippen molar-refractivity contribution in [1.29, 1.82) is 0 Å². The SMILES string of the molecule is C[S@@](=O)c1ccc(NC(=O)[C@H]2CCOc3ccccc32)cc1. The first-order chi connectivity index (χ1) is 10.6. The second-order valence-corrected chi connectivity index (χ2v) is 6.57. The standard InChI is InChI=1S/C17H17NO3S/c1-22(20)13-8-6-12(7-9-13)18-17(19)15-10-11-21-16-5-3-2-4-14(15)16/h2-9,15H,10-11H2,1H3,(H,18,19)/t15-,22+/m0/s1. The van der Waals surface area contributed by atoms with E-state index in [1.165, 1.54) is 0 Å². The molecule has 0 radical (unpaired) electrons. The summed E-state index contributed by atoms with van der Waals surface area (Å²) < 4.78 is 17.0. The van der Waals surface area contributed by atoms with E-state index in [1.54, 1.807) is 30.5 Å². The van der Waals surface area contributed by atoms with Crippen molar-refractivity contribution in [2.75, 3.05) is 18.2 Å². The van der Waals surface area contributed by atoms with Crippen LogP contribution in [0.5, 0.6) is 5.75 Å². The first-order valence-electron chi connectivity index (χ1n) is 7.11. The maximum atomic E-state index is 12.5. The predicted molar refractivity (Wildman–Crippen MR) is 86.7 cm³/mol. The van der Waals surface area contributed by atoms with Gasteiger partial charge in [0, 0.05) is 33.2 Å². The molecule has 1 aliphatic rings. The minimum absolute atomic E-state index is 0.0406. The molecule has 2 aromatic rings. The fourth-order valence-corrected chi connectivity index (χ4v) is 3.09. The highest BCUT2D eigenvalue weighted by Gasteiger charge is 2.27. The Morgan fingerprint density at radius 1 is 1.18 bits per heavy atom. The number of carbonyl (C=O) groups is 1. The Labute approximate surface area is 132 Å². The molecule has 0 aromatic heterocycles. The molecule has 114 valence electrons. The number of nitrogens with one attached hydrogen (secondary N) is 1. The van der Waals surface area contributed by atoms with Crippen molar-refractivity contribution in [2.24, 2.45) is 0 Å². The zero-order valence-corrected chi connectivity index (χ0v) is 13.1. The number of benzene rings is 2. The number of carbonyl (C=O) groups excluding carboxylic acids is 1. The van der Waals surface area contributed by atoms with Crippen LogP contribution in [0.15, 0.2) is 53.4 Å². The lowest BCUT2D eigenvalue weighted by molar-refractivity contribution is -0.118. The van der Waals surface area contributed by atoms with Crippen molar-refractivity contribution in [3.8, 4) is 5.75 Å². The van der Waals surface area contributed by atoms with E-state index in [4.69, 9.17) is 4.74 Å². The lowest BCUT2D eigenvalue weighted by Gasteiger charge is -2.25. The van der Waals surface area contributed by atoms with E-state index in [1.807, 2.05) is 24.3 Å². The van der Waals surface area contributed by atoms with Crippen LogP contribution in [0.25, 0.3) is 0 Å². The molecule has 0 spiro atoms. The first kappa shape index (κ1) is 14.8. The molecule has 2 atom stereocenters. The zero-order valence-electron chi connectivity index (χ0n) is 12.2. The van der Waals surface area contributed by atoms with Gasteiger partial charge >= 0.3 is 0 Å². The monoisotopic (exact) mass is 315 g/mol. The van der Waals surface area contributed by atoms with Gasteiger partial charge in [0.15, 0.2) is 0 Å². The third-order valence-corrected chi connectivity index (χ3v) is 4.66. The Balaban J connectivity index is 1.76. The van der Waals surface area contributed by atoms with E-state index >= 15 is 0 Å². The summed E-state index contributed by atoms with van der Waals surface area (Å²) in [5, 5.41) is 2.93. The molecule has 0 fully saturated rings. The molecule has 3 rings (SSSR count). The molecule has 2 aromatic carbocycles. The molecule has 0 bridgehead atoms. The van der Waals surface area contributed by atoms with Crippen LogP contribution in [0.1, 0.15) is 17.9 Å². The molecule has 0 unspecified atom stereocenters. The average Bonchev–Trinajstić information content (AvgIpc) is 2.54. The van der Waals surface area contributed by atoms with E-state index in [0.29, 0.717) is 18.7 Å². The summed E-state index contributed by atoms with van der Waals surface area (Å²) >= 11 is 0. The minimum atomic E-state index is -1.01. The molecule has 0 saturated carbocycles. The molecule has 0 saturated heterocycles. The number of ether oxygens (including phenoxy) is 1. The molecule has 0 aliphatic carbocycles. The molecule has 1 N–H and O–H groups in total. The van der Waals surface area contributed by atoms with Crippen LogP contribution in [0, 0.1) is 0 Å². The molecular formula is C17H17NO3S. The van der Waals surface area contributed by atoms with Crippen molar-refractivity contribution in [3.63, 3.8) is 0 Å². The van der Waals surface area contributed by atoms with Crippen LogP contribution in [-0.4, -0.2) is 23.0 Å². The third-order valence-electron chi connectivity index (χ3n) is 3.73. The molecule has 22 heavy (non-hydrogen) atoms. The second kappa shape index (κ2) is 6.32. The molecule has 1 amide bonds. The van der Waals surface area contributed by atoms with Crippen LogP contribution in [-0.2, 0) is 15.6 Å². The Hall–Kier alpha value is -2.14. The Morgan fingerprint density at radius 2 is 1.91 bits per heavy atom. The maximum absolute atomic E-state index is 12.5. The molecular weight excluding hydrogens is 298 g/mol. The highest BCUT2D eigenvalue weighted by molar-refractivity contribution is 7.84. The Kier molecular flexibility index (Phi) is 4.24. The van der Waals surface area contributed by atoms with Gasteiger partial charge in [-0.15, -0.1) is 0 Å². The number of amides is 1. The van der Waals surface area contributed by atoms with Crippen LogP contribution >= 0.6 is 0 Å². The smallest absolute Gasteiger partial charge is 0.232 e. The van der Waals surface area contributed by atoms with E-state index in [-0.39, 0.29) is 11.8 Å². The van der Waals surface area contributed by atoms with E-state index in [2.05, 4.69) is 5.32 Å². The van der Waals surface area contributed by atoms with Gasteiger partial charge in [0.05, 0.1) is 12.5 Å². The summed E-state index contributed by atoms with van der Waals surface area (Å²) in [5.74, 6) is 0.539. The minimum Gasteiger partial charge on any atom is -0.493 e. The predicted octanol–water partition coefficient (Wildman–Crippen LogP) is 2.93. The van der Waals surface area contributed by atoms with Crippen molar-refractivity contribution < 1.29 is 13.7 Å². The lowest BCUT2D eigenvalue weighted by Crippen LogP contribution is -2.26. The van der Waals surface area contributed by atoms with Crippen LogP contribution in [0.2, 0.25) is 0 Å². The number of hydrogen-bond acceptors (Lipinski definition) is 3. The number of para-hydroxylation sites is 1. The summed E-state index contributed by atoms with van der Waals surface area (Å²) in [4.78, 5) is 13.3. The van der Waals surface area contributed by atoms with E-state index in [9.17, 15) is 9.00 Å². The summed E-state index contributed by atoms with van der Waals surface area (Å²) in [6, 6.07) is 14.7. The maximum Gasteiger partial charge on any atom is 0.232 e. The number of hydrogen-bond donors (Lipinski definition) is 1. The molecule has 1 heterocycles. The van der Waals surface area contributed by atoms with Crippen molar-refractivity contribution in [1.82, 2.24) is 0 Å². The normalized spacial score (nSPS) is 18.0. The summed E-state index contributed by atoms with van der Waals surface area (Å²) in [7, 11) is -1.01. The highest BCUT2D eigenvalue weighted by atomic mass is 32.2. The van der Waals surface area contributed by atoms with Crippen molar-refractivity contribution in [3.05, 3.63) is 54.1 Å². The lowest BCUT2D eigenvalue weighted by atomic mass is 9.92. The Bertz CT molecular complexity index is 712. The molecule has 4 nitrogen and oxygen atoms in total. The van der Waals surface area contributed by atoms with Gasteiger partial charge in [-0.25, -0.2) is 0 Å². The van der Waals surface area contributed by atoms with Gasteiger partial charge in [0.1, 0.15) is 5.75 Å². The van der Waals surface area contributed by atoms with E-state index in [0.717, 1.165) is 16.2 Å². The quantitative estimate of drug-likeness (QED) is 0.947. The van der Waals surface area contributed by atoms with Crippen molar-refractivity contribution in [2.45, 2.75) is 17.2 Å². The molecule has 5 heteroatoms. The van der Waals surface area contributed by atoms with Gasteiger partial charge in [0.2, 0.25) is 5.91 Å². The van der Waals surface area contributed by atoms with Gasteiger partial charge in [-0.05, 0) is 36.8 Å². The largest absolute Gasteiger partial charge is 0.493 e. The summed E-state index contributed by atoms with van der Waals surface area (Å²) in [6.45, 7) is 0.544. The molecule has 1 aliphatic heterocycles. The summed E-state index contributed by atoms with van der Waals surface area (Å²) in [5.41, 5.74) is 1.64. The fourth-order valence-electron chi connectivity index (χ4n) is 2.57. The van der Waals surface area contributed by atoms with Gasteiger partial charge in [-0.1, -0.05) is 18.2 Å².